The third kappa shape index (κ3) is 4.48. The number of carbonyl (C=O) groups excluding carboxylic acids is 1. The fourth-order valence-corrected chi connectivity index (χ4v) is 3.24. The number of pyridine rings is 1. The van der Waals surface area contributed by atoms with Gasteiger partial charge in [-0.05, 0) is 29.8 Å². The summed E-state index contributed by atoms with van der Waals surface area (Å²) in [5.41, 5.74) is 2.00. The fraction of sp³-hybridized carbons (Fsp3) is 0.238. The minimum Gasteiger partial charge on any atom is -0.366 e. The van der Waals surface area contributed by atoms with E-state index in [-0.39, 0.29) is 11.7 Å². The molecule has 8 heteroatoms. The van der Waals surface area contributed by atoms with E-state index in [1.54, 1.807) is 24.5 Å². The second kappa shape index (κ2) is 8.64. The van der Waals surface area contributed by atoms with Gasteiger partial charge in [0.25, 0.3) is 5.91 Å². The number of hydrogen-bond acceptors (Lipinski definition) is 6. The molecule has 3 heterocycles. The number of amides is 1. The van der Waals surface area contributed by atoms with Gasteiger partial charge in [-0.2, -0.15) is 0 Å². The molecule has 1 aromatic carbocycles. The first kappa shape index (κ1) is 18.8. The minimum atomic E-state index is -0.224. The molecule has 1 saturated heterocycles. The zero-order valence-corrected chi connectivity index (χ0v) is 15.8. The number of aromatic nitrogens is 3. The lowest BCUT2D eigenvalue weighted by molar-refractivity contribution is 0.0950. The number of rotatable bonds is 5. The lowest BCUT2D eigenvalue weighted by atomic mass is 10.2. The standard InChI is InChI=1S/C21H21FN6O/c22-18-3-1-2-4-19(18)27-9-11-28(12-10-27)21-25-14-17(15-26-21)20(29)24-13-16-5-7-23-8-6-16/h1-8,14-15H,9-13H2,(H,24,29). The van der Waals surface area contributed by atoms with Crippen LogP contribution in [-0.2, 0) is 6.54 Å². The van der Waals surface area contributed by atoms with Gasteiger partial charge in [-0.25, -0.2) is 14.4 Å². The van der Waals surface area contributed by atoms with Crippen molar-refractivity contribution in [2.24, 2.45) is 0 Å². The first-order chi connectivity index (χ1) is 14.2. The maximum Gasteiger partial charge on any atom is 0.254 e. The van der Waals surface area contributed by atoms with E-state index in [0.717, 1.165) is 5.56 Å². The number of nitrogens with one attached hydrogen (secondary N) is 1. The Morgan fingerprint density at radius 2 is 1.62 bits per heavy atom. The van der Waals surface area contributed by atoms with Crippen molar-refractivity contribution in [3.8, 4) is 0 Å². The van der Waals surface area contributed by atoms with Gasteiger partial charge in [0, 0.05) is 57.5 Å². The largest absolute Gasteiger partial charge is 0.366 e. The molecule has 1 fully saturated rings. The molecular formula is C21H21FN6O. The van der Waals surface area contributed by atoms with Crippen LogP contribution in [0.25, 0.3) is 0 Å². The van der Waals surface area contributed by atoms with E-state index >= 15 is 0 Å². The Morgan fingerprint density at radius 1 is 0.966 bits per heavy atom. The number of hydrogen-bond donors (Lipinski definition) is 1. The molecule has 4 rings (SSSR count). The quantitative estimate of drug-likeness (QED) is 0.718. The summed E-state index contributed by atoms with van der Waals surface area (Å²) in [6.45, 7) is 3.14. The summed E-state index contributed by atoms with van der Waals surface area (Å²) in [4.78, 5) is 29.0. The zero-order valence-electron chi connectivity index (χ0n) is 15.8. The van der Waals surface area contributed by atoms with E-state index in [1.165, 1.54) is 18.5 Å². The van der Waals surface area contributed by atoms with Crippen molar-refractivity contribution >= 4 is 17.5 Å². The van der Waals surface area contributed by atoms with Crippen LogP contribution < -0.4 is 15.1 Å². The Balaban J connectivity index is 1.32. The molecule has 1 N–H and O–H groups in total. The molecule has 148 valence electrons. The number of carbonyl (C=O) groups is 1. The van der Waals surface area contributed by atoms with Gasteiger partial charge in [-0.3, -0.25) is 9.78 Å². The predicted molar refractivity (Wildman–Crippen MR) is 108 cm³/mol. The molecule has 3 aromatic rings. The van der Waals surface area contributed by atoms with Crippen LogP contribution in [0.3, 0.4) is 0 Å². The first-order valence-electron chi connectivity index (χ1n) is 9.44. The van der Waals surface area contributed by atoms with Crippen molar-refractivity contribution in [3.63, 3.8) is 0 Å². The summed E-state index contributed by atoms with van der Waals surface area (Å²) in [5.74, 6) is 0.140. The monoisotopic (exact) mass is 392 g/mol. The number of nitrogens with zero attached hydrogens (tertiary/aromatic N) is 5. The van der Waals surface area contributed by atoms with Gasteiger partial charge in [0.15, 0.2) is 0 Å². The van der Waals surface area contributed by atoms with Crippen molar-refractivity contribution < 1.29 is 9.18 Å². The summed E-state index contributed by atoms with van der Waals surface area (Å²) in [7, 11) is 0. The highest BCUT2D eigenvalue weighted by Crippen LogP contribution is 2.21. The highest BCUT2D eigenvalue weighted by Gasteiger charge is 2.21. The van der Waals surface area contributed by atoms with E-state index in [1.807, 2.05) is 28.0 Å². The third-order valence-corrected chi connectivity index (χ3v) is 4.86. The summed E-state index contributed by atoms with van der Waals surface area (Å²) in [6, 6.07) is 10.5. The first-order valence-corrected chi connectivity index (χ1v) is 9.44. The molecule has 7 nitrogen and oxygen atoms in total. The molecule has 0 bridgehead atoms. The zero-order chi connectivity index (χ0) is 20.1. The van der Waals surface area contributed by atoms with Crippen LogP contribution in [0.4, 0.5) is 16.0 Å². The van der Waals surface area contributed by atoms with Crippen LogP contribution in [0.1, 0.15) is 15.9 Å². The Bertz CT molecular complexity index is 958. The van der Waals surface area contributed by atoms with Crippen molar-refractivity contribution in [2.75, 3.05) is 36.0 Å². The summed E-state index contributed by atoms with van der Waals surface area (Å²) in [6.07, 6.45) is 6.44. The number of para-hydroxylation sites is 1. The molecule has 0 unspecified atom stereocenters. The predicted octanol–water partition coefficient (Wildman–Crippen LogP) is 2.27. The second-order valence-electron chi connectivity index (χ2n) is 6.74. The van der Waals surface area contributed by atoms with E-state index in [4.69, 9.17) is 0 Å². The number of benzene rings is 1. The van der Waals surface area contributed by atoms with Gasteiger partial charge < -0.3 is 15.1 Å². The SMILES string of the molecule is O=C(NCc1ccncc1)c1cnc(N2CCN(c3ccccc3F)CC2)nc1. The van der Waals surface area contributed by atoms with E-state index in [9.17, 15) is 9.18 Å². The van der Waals surface area contributed by atoms with Crippen molar-refractivity contribution in [1.82, 2.24) is 20.3 Å². The summed E-state index contributed by atoms with van der Waals surface area (Å²) < 4.78 is 14.0. The molecule has 0 aliphatic carbocycles. The Morgan fingerprint density at radius 3 is 2.31 bits per heavy atom. The summed E-state index contributed by atoms with van der Waals surface area (Å²) >= 11 is 0. The molecule has 0 saturated carbocycles. The normalized spacial score (nSPS) is 14.0. The lowest BCUT2D eigenvalue weighted by Crippen LogP contribution is -2.47. The highest BCUT2D eigenvalue weighted by atomic mass is 19.1. The Hall–Kier alpha value is -3.55. The Labute approximate surface area is 168 Å². The van der Waals surface area contributed by atoms with Crippen LogP contribution in [0, 0.1) is 5.82 Å². The summed E-state index contributed by atoms with van der Waals surface area (Å²) in [5, 5.41) is 2.84. The van der Waals surface area contributed by atoms with Crippen LogP contribution in [-0.4, -0.2) is 47.0 Å². The molecule has 0 radical (unpaired) electrons. The van der Waals surface area contributed by atoms with Gasteiger partial charge in [0.1, 0.15) is 5.82 Å². The molecular weight excluding hydrogens is 371 g/mol. The molecule has 2 aromatic heterocycles. The van der Waals surface area contributed by atoms with E-state index in [0.29, 0.717) is 49.9 Å². The third-order valence-electron chi connectivity index (χ3n) is 4.86. The molecule has 0 spiro atoms. The molecule has 1 aliphatic rings. The van der Waals surface area contributed by atoms with Gasteiger partial charge >= 0.3 is 0 Å². The van der Waals surface area contributed by atoms with Crippen LogP contribution in [0.5, 0.6) is 0 Å². The molecule has 1 aliphatic heterocycles. The van der Waals surface area contributed by atoms with Crippen LogP contribution in [0.2, 0.25) is 0 Å². The van der Waals surface area contributed by atoms with Crippen molar-refractivity contribution in [2.45, 2.75) is 6.54 Å². The van der Waals surface area contributed by atoms with Gasteiger partial charge in [-0.15, -0.1) is 0 Å². The van der Waals surface area contributed by atoms with E-state index in [2.05, 4.69) is 20.3 Å². The van der Waals surface area contributed by atoms with Gasteiger partial charge in [0.2, 0.25) is 5.95 Å². The van der Waals surface area contributed by atoms with Gasteiger partial charge in [-0.1, -0.05) is 12.1 Å². The molecule has 0 atom stereocenters. The minimum absolute atomic E-state index is 0.209. The number of piperazine rings is 1. The van der Waals surface area contributed by atoms with Crippen molar-refractivity contribution in [1.29, 1.82) is 0 Å². The smallest absolute Gasteiger partial charge is 0.254 e. The highest BCUT2D eigenvalue weighted by molar-refractivity contribution is 5.93. The topological polar surface area (TPSA) is 74.2 Å². The fourth-order valence-electron chi connectivity index (χ4n) is 3.24. The molecule has 1 amide bonds. The maximum atomic E-state index is 14.0. The van der Waals surface area contributed by atoms with Crippen molar-refractivity contribution in [3.05, 3.63) is 78.1 Å². The second-order valence-corrected chi connectivity index (χ2v) is 6.74. The molecule has 29 heavy (non-hydrogen) atoms. The lowest BCUT2D eigenvalue weighted by Gasteiger charge is -2.36. The van der Waals surface area contributed by atoms with E-state index < -0.39 is 0 Å². The number of anilines is 2. The van der Waals surface area contributed by atoms with Crippen LogP contribution in [0.15, 0.2) is 61.2 Å². The average Bonchev–Trinajstić information content (AvgIpc) is 2.79. The van der Waals surface area contributed by atoms with Crippen LogP contribution >= 0.6 is 0 Å². The number of halogens is 1. The Kier molecular flexibility index (Phi) is 5.60. The maximum absolute atomic E-state index is 14.0. The average molecular weight is 392 g/mol. The van der Waals surface area contributed by atoms with Gasteiger partial charge in [0.05, 0.1) is 11.3 Å².